The van der Waals surface area contributed by atoms with Crippen molar-refractivity contribution in [2.75, 3.05) is 38.2 Å². The van der Waals surface area contributed by atoms with Gasteiger partial charge in [0.05, 0.1) is 32.9 Å². The Hall–Kier alpha value is -2.69. The van der Waals surface area contributed by atoms with Gasteiger partial charge in [-0.2, -0.15) is 4.72 Å². The van der Waals surface area contributed by atoms with Gasteiger partial charge in [-0.25, -0.2) is 13.4 Å². The van der Waals surface area contributed by atoms with E-state index in [9.17, 15) is 13.2 Å². The molecule has 0 bridgehead atoms. The van der Waals surface area contributed by atoms with Crippen LogP contribution in [0.25, 0.3) is 10.2 Å². The highest BCUT2D eigenvalue weighted by Crippen LogP contribution is 2.29. The van der Waals surface area contributed by atoms with Gasteiger partial charge in [0, 0.05) is 26.2 Å². The fourth-order valence-electron chi connectivity index (χ4n) is 4.15. The number of aryl methyl sites for hydroxylation is 1. The molecule has 2 heterocycles. The van der Waals surface area contributed by atoms with Crippen molar-refractivity contribution in [1.29, 1.82) is 0 Å². The number of hydrogen-bond donors (Lipinski definition) is 1. The predicted octanol–water partition coefficient (Wildman–Crippen LogP) is 3.27. The van der Waals surface area contributed by atoms with E-state index in [1.165, 1.54) is 17.4 Å². The average Bonchev–Trinajstić information content (AvgIpc) is 3.21. The molecule has 0 spiro atoms. The van der Waals surface area contributed by atoms with Crippen LogP contribution in [0.5, 0.6) is 5.75 Å². The van der Waals surface area contributed by atoms with E-state index in [0.29, 0.717) is 26.2 Å². The van der Waals surface area contributed by atoms with E-state index in [0.717, 1.165) is 26.7 Å². The number of methoxy groups -OCH3 is 1. The summed E-state index contributed by atoms with van der Waals surface area (Å²) < 4.78 is 35.3. The molecule has 1 N–H and O–H groups in total. The molecule has 1 aliphatic rings. The maximum absolute atomic E-state index is 13.4. The van der Waals surface area contributed by atoms with Crippen LogP contribution >= 0.6 is 11.3 Å². The summed E-state index contributed by atoms with van der Waals surface area (Å²) in [5.41, 5.74) is 1.76. The molecule has 1 saturated heterocycles. The van der Waals surface area contributed by atoms with E-state index in [4.69, 9.17) is 4.74 Å². The summed E-state index contributed by atoms with van der Waals surface area (Å²) in [6, 6.07) is 11.8. The van der Waals surface area contributed by atoms with Gasteiger partial charge in [-0.05, 0) is 43.2 Å². The Balaban J connectivity index is 1.47. The number of carbonyl (C=O) groups excluding carboxylic acids is 1. The molecule has 34 heavy (non-hydrogen) atoms. The largest absolute Gasteiger partial charge is 0.495 e. The number of thiazole rings is 1. The number of piperazine rings is 1. The lowest BCUT2D eigenvalue weighted by atomic mass is 10.0. The van der Waals surface area contributed by atoms with Gasteiger partial charge in [-0.15, -0.1) is 11.3 Å². The Kier molecular flexibility index (Phi) is 7.11. The summed E-state index contributed by atoms with van der Waals surface area (Å²) in [7, 11) is -2.23. The molecule has 1 aliphatic heterocycles. The van der Waals surface area contributed by atoms with Crippen LogP contribution < -0.4 is 14.4 Å². The molecule has 4 rings (SSSR count). The summed E-state index contributed by atoms with van der Waals surface area (Å²) in [6.07, 6.45) is 0. The van der Waals surface area contributed by atoms with Crippen LogP contribution in [0.3, 0.4) is 0 Å². The Labute approximate surface area is 204 Å². The third kappa shape index (κ3) is 5.03. The van der Waals surface area contributed by atoms with Crippen LogP contribution in [0.1, 0.15) is 18.9 Å². The summed E-state index contributed by atoms with van der Waals surface area (Å²) in [5, 5.41) is 0.875. The zero-order chi connectivity index (χ0) is 24.5. The minimum atomic E-state index is -3.88. The lowest BCUT2D eigenvalue weighted by molar-refractivity contribution is -0.134. The van der Waals surface area contributed by atoms with Crippen molar-refractivity contribution in [2.24, 2.45) is 5.92 Å². The van der Waals surface area contributed by atoms with Gasteiger partial charge in [0.15, 0.2) is 0 Å². The lowest BCUT2D eigenvalue weighted by Crippen LogP contribution is -2.56. The van der Waals surface area contributed by atoms with Crippen molar-refractivity contribution in [3.63, 3.8) is 0 Å². The first kappa shape index (κ1) is 24.4. The Bertz CT molecular complexity index is 1280. The summed E-state index contributed by atoms with van der Waals surface area (Å²) in [4.78, 5) is 21.8. The topological polar surface area (TPSA) is 91.8 Å². The molecule has 0 radical (unpaired) electrons. The number of benzene rings is 2. The van der Waals surface area contributed by atoms with Crippen molar-refractivity contribution in [3.05, 3.63) is 47.5 Å². The molecule has 2 aromatic carbocycles. The van der Waals surface area contributed by atoms with Crippen molar-refractivity contribution >= 4 is 43.2 Å². The number of fused-ring (bicyclic) bond motifs is 1. The summed E-state index contributed by atoms with van der Waals surface area (Å²) in [6.45, 7) is 7.90. The van der Waals surface area contributed by atoms with Gasteiger partial charge in [0.1, 0.15) is 11.8 Å². The van der Waals surface area contributed by atoms with E-state index >= 15 is 0 Å². The van der Waals surface area contributed by atoms with Crippen LogP contribution in [-0.2, 0) is 14.8 Å². The molecular weight excluding hydrogens is 472 g/mol. The lowest BCUT2D eigenvalue weighted by Gasteiger charge is -2.38. The molecule has 3 aromatic rings. The van der Waals surface area contributed by atoms with Crippen LogP contribution in [0.2, 0.25) is 0 Å². The molecule has 1 unspecified atom stereocenters. The summed E-state index contributed by atoms with van der Waals surface area (Å²) >= 11 is 1.45. The van der Waals surface area contributed by atoms with Crippen LogP contribution in [0.4, 0.5) is 5.69 Å². The number of rotatable bonds is 7. The first-order valence-electron chi connectivity index (χ1n) is 11.3. The number of hydrogen-bond acceptors (Lipinski definition) is 7. The normalized spacial score (nSPS) is 15.7. The number of amides is 1. The van der Waals surface area contributed by atoms with Crippen molar-refractivity contribution < 1.29 is 17.9 Å². The summed E-state index contributed by atoms with van der Waals surface area (Å²) in [5.74, 6) is 0.389. The van der Waals surface area contributed by atoms with Gasteiger partial charge >= 0.3 is 0 Å². The molecule has 1 fully saturated rings. The van der Waals surface area contributed by atoms with Crippen molar-refractivity contribution in [3.8, 4) is 5.75 Å². The Morgan fingerprint density at radius 1 is 1.12 bits per heavy atom. The van der Waals surface area contributed by atoms with Crippen LogP contribution in [0.15, 0.2) is 47.4 Å². The number of ether oxygens (including phenoxy) is 1. The van der Waals surface area contributed by atoms with E-state index in [1.807, 2.05) is 45.0 Å². The third-order valence-corrected chi connectivity index (χ3v) is 8.38. The van der Waals surface area contributed by atoms with E-state index in [1.54, 1.807) is 24.1 Å². The standard InChI is InChI=1S/C24H30N4O4S2/c1-16(2)23(26-34(30,31)18-9-10-19-22(15-18)33-17(3)25-19)24(29)28-13-11-27(12-14-28)20-7-5-6-8-21(20)32-4/h5-10,15-16,23,26H,11-14H2,1-4H3. The molecule has 0 saturated carbocycles. The maximum Gasteiger partial charge on any atom is 0.241 e. The molecule has 8 nitrogen and oxygen atoms in total. The molecule has 0 aliphatic carbocycles. The van der Waals surface area contributed by atoms with Crippen LogP contribution in [-0.4, -0.2) is 63.5 Å². The monoisotopic (exact) mass is 502 g/mol. The molecular formula is C24H30N4O4S2. The van der Waals surface area contributed by atoms with Gasteiger partial charge in [0.2, 0.25) is 15.9 Å². The highest BCUT2D eigenvalue weighted by molar-refractivity contribution is 7.89. The minimum absolute atomic E-state index is 0.142. The van der Waals surface area contributed by atoms with Crippen molar-refractivity contribution in [2.45, 2.75) is 31.7 Å². The van der Waals surface area contributed by atoms with E-state index < -0.39 is 16.1 Å². The Morgan fingerprint density at radius 2 is 1.82 bits per heavy atom. The molecule has 1 amide bonds. The second-order valence-corrected chi connectivity index (χ2v) is 11.6. The number of carbonyl (C=O) groups is 1. The smallest absolute Gasteiger partial charge is 0.241 e. The van der Waals surface area contributed by atoms with Gasteiger partial charge in [-0.3, -0.25) is 4.79 Å². The quantitative estimate of drug-likeness (QED) is 0.533. The van der Waals surface area contributed by atoms with Gasteiger partial charge in [0.25, 0.3) is 0 Å². The third-order valence-electron chi connectivity index (χ3n) is 6.01. The molecule has 1 atom stereocenters. The second-order valence-electron chi connectivity index (χ2n) is 8.69. The first-order valence-corrected chi connectivity index (χ1v) is 13.6. The van der Waals surface area contributed by atoms with Gasteiger partial charge < -0.3 is 14.5 Å². The average molecular weight is 503 g/mol. The first-order chi connectivity index (χ1) is 16.2. The highest BCUT2D eigenvalue weighted by Gasteiger charge is 2.33. The number of sulfonamides is 1. The molecule has 10 heteroatoms. The number of anilines is 1. The van der Waals surface area contributed by atoms with Crippen molar-refractivity contribution in [1.82, 2.24) is 14.6 Å². The second kappa shape index (κ2) is 9.89. The predicted molar refractivity (Wildman–Crippen MR) is 135 cm³/mol. The minimum Gasteiger partial charge on any atom is -0.495 e. The molecule has 182 valence electrons. The Morgan fingerprint density at radius 3 is 2.50 bits per heavy atom. The molecule has 1 aromatic heterocycles. The SMILES string of the molecule is COc1ccccc1N1CCN(C(=O)C(NS(=O)(=O)c2ccc3nc(C)sc3c2)C(C)C)CC1. The van der Waals surface area contributed by atoms with Crippen LogP contribution in [0, 0.1) is 12.8 Å². The number of aromatic nitrogens is 1. The zero-order valence-electron chi connectivity index (χ0n) is 19.8. The zero-order valence-corrected chi connectivity index (χ0v) is 21.4. The number of para-hydroxylation sites is 2. The fourth-order valence-corrected chi connectivity index (χ4v) is 6.45. The van der Waals surface area contributed by atoms with E-state index in [2.05, 4.69) is 14.6 Å². The number of nitrogens with one attached hydrogen (secondary N) is 1. The highest BCUT2D eigenvalue weighted by atomic mass is 32.2. The fraction of sp³-hybridized carbons (Fsp3) is 0.417. The maximum atomic E-state index is 13.4. The van der Waals surface area contributed by atoms with E-state index in [-0.39, 0.29) is 16.7 Å². The number of nitrogens with zero attached hydrogens (tertiary/aromatic N) is 3. The van der Waals surface area contributed by atoms with Gasteiger partial charge in [-0.1, -0.05) is 26.0 Å².